The molecular formula is C16H24N3O4+. The molecule has 1 amide bonds. The first kappa shape index (κ1) is 17.2. The van der Waals surface area contributed by atoms with Crippen molar-refractivity contribution in [3.8, 4) is 5.75 Å². The van der Waals surface area contributed by atoms with Gasteiger partial charge in [0.05, 0.1) is 30.8 Å². The van der Waals surface area contributed by atoms with Crippen LogP contribution in [0, 0.1) is 22.0 Å². The summed E-state index contributed by atoms with van der Waals surface area (Å²) in [6.45, 7) is 6.72. The Bertz CT molecular complexity index is 581. The molecule has 0 saturated carbocycles. The Balaban J connectivity index is 2.04. The molecule has 7 heteroatoms. The van der Waals surface area contributed by atoms with Gasteiger partial charge in [0.15, 0.2) is 6.54 Å². The number of methoxy groups -OCH3 is 1. The molecule has 23 heavy (non-hydrogen) atoms. The van der Waals surface area contributed by atoms with Crippen molar-refractivity contribution in [3.63, 3.8) is 0 Å². The maximum absolute atomic E-state index is 12.3. The van der Waals surface area contributed by atoms with Crippen molar-refractivity contribution in [2.24, 2.45) is 11.8 Å². The zero-order chi connectivity index (χ0) is 17.0. The number of nitro groups is 1. The van der Waals surface area contributed by atoms with Crippen LogP contribution in [0.3, 0.4) is 0 Å². The van der Waals surface area contributed by atoms with Crippen molar-refractivity contribution >= 4 is 17.3 Å². The molecule has 2 atom stereocenters. The van der Waals surface area contributed by atoms with E-state index in [2.05, 4.69) is 19.2 Å². The second kappa shape index (κ2) is 7.41. The summed E-state index contributed by atoms with van der Waals surface area (Å²) < 4.78 is 5.16. The Morgan fingerprint density at radius 1 is 1.39 bits per heavy atom. The third-order valence-corrected chi connectivity index (χ3v) is 4.16. The number of benzene rings is 1. The van der Waals surface area contributed by atoms with Crippen LogP contribution >= 0.6 is 0 Å². The smallest absolute Gasteiger partial charge is 0.279 e. The summed E-state index contributed by atoms with van der Waals surface area (Å²) in [4.78, 5) is 23.9. The predicted molar refractivity (Wildman–Crippen MR) is 86.8 cm³/mol. The third-order valence-electron chi connectivity index (χ3n) is 4.16. The van der Waals surface area contributed by atoms with Crippen LogP contribution in [0.15, 0.2) is 18.2 Å². The van der Waals surface area contributed by atoms with Crippen LogP contribution in [0.5, 0.6) is 5.75 Å². The Kier molecular flexibility index (Phi) is 5.54. The van der Waals surface area contributed by atoms with Gasteiger partial charge in [-0.3, -0.25) is 14.9 Å². The van der Waals surface area contributed by atoms with Crippen molar-refractivity contribution in [2.45, 2.75) is 20.3 Å². The second-order valence-corrected chi connectivity index (χ2v) is 6.47. The SMILES string of the molecule is COc1ccc([N+](=O)[O-])cc1NC(=O)C[NH+]1C[C@@H](C)C[C@H](C)C1. The van der Waals surface area contributed by atoms with E-state index in [1.54, 1.807) is 0 Å². The highest BCUT2D eigenvalue weighted by Crippen LogP contribution is 2.28. The van der Waals surface area contributed by atoms with E-state index in [-0.39, 0.29) is 11.6 Å². The van der Waals surface area contributed by atoms with E-state index in [1.165, 1.54) is 36.6 Å². The molecule has 7 nitrogen and oxygen atoms in total. The van der Waals surface area contributed by atoms with Gasteiger partial charge in [-0.15, -0.1) is 0 Å². The summed E-state index contributed by atoms with van der Waals surface area (Å²) in [5.41, 5.74) is 0.262. The molecule has 2 N–H and O–H groups in total. The van der Waals surface area contributed by atoms with E-state index >= 15 is 0 Å². The molecule has 0 bridgehead atoms. The van der Waals surface area contributed by atoms with Crippen LogP contribution in [0.1, 0.15) is 20.3 Å². The topological polar surface area (TPSA) is 85.9 Å². The lowest BCUT2D eigenvalue weighted by Gasteiger charge is -2.31. The Hall–Kier alpha value is -2.15. The number of quaternary nitrogens is 1. The minimum absolute atomic E-state index is 0.0753. The molecule has 1 fully saturated rings. The number of nitrogens with one attached hydrogen (secondary N) is 2. The molecule has 1 saturated heterocycles. The monoisotopic (exact) mass is 322 g/mol. The average molecular weight is 322 g/mol. The van der Waals surface area contributed by atoms with Crippen molar-refractivity contribution in [1.29, 1.82) is 0 Å². The van der Waals surface area contributed by atoms with Crippen molar-refractivity contribution < 1.29 is 19.4 Å². The molecule has 1 aliphatic heterocycles. The molecule has 0 radical (unpaired) electrons. The van der Waals surface area contributed by atoms with E-state index in [0.717, 1.165) is 13.1 Å². The molecule has 2 rings (SSSR count). The molecule has 0 aliphatic carbocycles. The third kappa shape index (κ3) is 4.66. The maximum Gasteiger partial charge on any atom is 0.279 e. The van der Waals surface area contributed by atoms with Crippen molar-refractivity contribution in [1.82, 2.24) is 0 Å². The van der Waals surface area contributed by atoms with Gasteiger partial charge in [-0.05, 0) is 12.5 Å². The summed E-state index contributed by atoms with van der Waals surface area (Å²) >= 11 is 0. The first-order valence-corrected chi connectivity index (χ1v) is 7.85. The maximum atomic E-state index is 12.3. The van der Waals surface area contributed by atoms with Crippen molar-refractivity contribution in [3.05, 3.63) is 28.3 Å². The van der Waals surface area contributed by atoms with Gasteiger partial charge < -0.3 is 15.0 Å². The molecule has 0 unspecified atom stereocenters. The largest absolute Gasteiger partial charge is 0.495 e. The van der Waals surface area contributed by atoms with E-state index in [9.17, 15) is 14.9 Å². The zero-order valence-corrected chi connectivity index (χ0v) is 13.8. The number of amides is 1. The van der Waals surface area contributed by atoms with E-state index < -0.39 is 4.92 Å². The van der Waals surface area contributed by atoms with Gasteiger partial charge in [0.2, 0.25) is 0 Å². The molecule has 1 aliphatic rings. The van der Waals surface area contributed by atoms with Crippen LogP contribution in [0.4, 0.5) is 11.4 Å². The number of nitrogens with zero attached hydrogens (tertiary/aromatic N) is 1. The highest BCUT2D eigenvalue weighted by atomic mass is 16.6. The number of hydrogen-bond donors (Lipinski definition) is 2. The number of non-ortho nitro benzene ring substituents is 1. The number of anilines is 1. The molecule has 126 valence electrons. The lowest BCUT2D eigenvalue weighted by molar-refractivity contribution is -0.904. The molecule has 1 aromatic carbocycles. The quantitative estimate of drug-likeness (QED) is 0.628. The lowest BCUT2D eigenvalue weighted by Crippen LogP contribution is -3.15. The molecule has 1 heterocycles. The van der Waals surface area contributed by atoms with E-state index in [1.807, 2.05) is 0 Å². The number of hydrogen-bond acceptors (Lipinski definition) is 4. The van der Waals surface area contributed by atoms with Crippen LogP contribution in [0.2, 0.25) is 0 Å². The Labute approximate surface area is 135 Å². The summed E-state index contributed by atoms with van der Waals surface area (Å²) in [6, 6.07) is 4.17. The number of nitro benzene ring substituents is 1. The molecule has 0 aromatic heterocycles. The summed E-state index contributed by atoms with van der Waals surface area (Å²) in [7, 11) is 1.47. The summed E-state index contributed by atoms with van der Waals surface area (Å²) in [5, 5.41) is 13.6. The van der Waals surface area contributed by atoms with Crippen LogP contribution in [-0.4, -0.2) is 37.6 Å². The fourth-order valence-corrected chi connectivity index (χ4v) is 3.40. The second-order valence-electron chi connectivity index (χ2n) is 6.47. The van der Waals surface area contributed by atoms with Gasteiger partial charge in [-0.2, -0.15) is 0 Å². The number of carbonyl (C=O) groups excluding carboxylic acids is 1. The Morgan fingerprint density at radius 2 is 2.04 bits per heavy atom. The normalized spacial score (nSPS) is 24.0. The zero-order valence-electron chi connectivity index (χ0n) is 13.8. The number of piperidine rings is 1. The van der Waals surface area contributed by atoms with Gasteiger partial charge >= 0.3 is 0 Å². The average Bonchev–Trinajstić information content (AvgIpc) is 2.45. The summed E-state index contributed by atoms with van der Waals surface area (Å²) in [6.07, 6.45) is 1.20. The molecular weight excluding hydrogens is 298 g/mol. The lowest BCUT2D eigenvalue weighted by atomic mass is 9.92. The highest BCUT2D eigenvalue weighted by molar-refractivity contribution is 5.93. The standard InChI is InChI=1S/C16H23N3O4/c1-11-6-12(2)9-18(8-11)10-16(20)17-14-7-13(19(21)22)4-5-15(14)23-3/h4-5,7,11-12H,6,8-10H2,1-3H3,(H,17,20)/p+1/t11-,12-/m0/s1. The van der Waals surface area contributed by atoms with E-state index in [0.29, 0.717) is 29.8 Å². The molecule has 0 spiro atoms. The Morgan fingerprint density at radius 3 is 2.61 bits per heavy atom. The van der Waals surface area contributed by atoms with Gasteiger partial charge in [0, 0.05) is 24.0 Å². The van der Waals surface area contributed by atoms with Crippen LogP contribution in [-0.2, 0) is 4.79 Å². The molecule has 1 aromatic rings. The fraction of sp³-hybridized carbons (Fsp3) is 0.562. The first-order valence-electron chi connectivity index (χ1n) is 7.85. The van der Waals surface area contributed by atoms with Crippen molar-refractivity contribution in [2.75, 3.05) is 32.1 Å². The van der Waals surface area contributed by atoms with E-state index in [4.69, 9.17) is 4.74 Å². The fourth-order valence-electron chi connectivity index (χ4n) is 3.40. The van der Waals surface area contributed by atoms with Gasteiger partial charge in [-0.25, -0.2) is 0 Å². The van der Waals surface area contributed by atoms with Gasteiger partial charge in [0.1, 0.15) is 5.75 Å². The van der Waals surface area contributed by atoms with Crippen LogP contribution < -0.4 is 15.0 Å². The number of ether oxygens (including phenoxy) is 1. The van der Waals surface area contributed by atoms with Gasteiger partial charge in [-0.1, -0.05) is 13.8 Å². The predicted octanol–water partition coefficient (Wildman–Crippen LogP) is 1.10. The highest BCUT2D eigenvalue weighted by Gasteiger charge is 2.27. The minimum Gasteiger partial charge on any atom is -0.495 e. The summed E-state index contributed by atoms with van der Waals surface area (Å²) in [5.74, 6) is 1.47. The number of rotatable bonds is 5. The van der Waals surface area contributed by atoms with Crippen LogP contribution in [0.25, 0.3) is 0 Å². The minimum atomic E-state index is -0.492. The van der Waals surface area contributed by atoms with Gasteiger partial charge in [0.25, 0.3) is 11.6 Å². The number of likely N-dealkylation sites (tertiary alicyclic amines) is 1. The number of carbonyl (C=O) groups is 1. The first-order chi connectivity index (χ1) is 10.9.